The molecule has 2 N–H and O–H groups in total. The van der Waals surface area contributed by atoms with Crippen LogP contribution < -0.4 is 15.4 Å². The molecule has 0 unspecified atom stereocenters. The molecule has 7 heteroatoms. The fraction of sp³-hybridized carbons (Fsp3) is 0.500. The second-order valence-electron chi connectivity index (χ2n) is 6.38. The Hall–Kier alpha value is -2.57. The highest BCUT2D eigenvalue weighted by atomic mass is 16.5. The summed E-state index contributed by atoms with van der Waals surface area (Å²) in [6, 6.07) is 6.78. The number of nitrogens with one attached hydrogen (secondary N) is 2. The number of amides is 4. The number of carbonyl (C=O) groups excluding carboxylic acids is 3. The molecule has 0 bridgehead atoms. The molecule has 2 rings (SSSR count). The van der Waals surface area contributed by atoms with Crippen molar-refractivity contribution in [2.24, 2.45) is 0 Å². The van der Waals surface area contributed by atoms with Crippen LogP contribution in [0.1, 0.15) is 32.3 Å². The Morgan fingerprint density at radius 2 is 1.96 bits per heavy atom. The molecular weight excluding hydrogens is 322 g/mol. The monoisotopic (exact) mass is 347 g/mol. The van der Waals surface area contributed by atoms with Crippen molar-refractivity contribution >= 4 is 17.8 Å². The van der Waals surface area contributed by atoms with Gasteiger partial charge in [0.1, 0.15) is 17.8 Å². The van der Waals surface area contributed by atoms with E-state index in [0.29, 0.717) is 13.0 Å². The van der Waals surface area contributed by atoms with E-state index in [9.17, 15) is 14.4 Å². The molecule has 0 spiro atoms. The second-order valence-corrected chi connectivity index (χ2v) is 6.38. The van der Waals surface area contributed by atoms with Crippen LogP contribution in [0.5, 0.6) is 5.75 Å². The number of rotatable bonds is 8. The summed E-state index contributed by atoms with van der Waals surface area (Å²) in [5.41, 5.74) is -0.166. The van der Waals surface area contributed by atoms with Gasteiger partial charge in [-0.2, -0.15) is 0 Å². The highest BCUT2D eigenvalue weighted by molar-refractivity contribution is 6.08. The Balaban J connectivity index is 2.01. The van der Waals surface area contributed by atoms with Crippen LogP contribution in [-0.2, 0) is 16.0 Å². The fourth-order valence-corrected chi connectivity index (χ4v) is 2.77. The highest BCUT2D eigenvalue weighted by Crippen LogP contribution is 2.23. The zero-order valence-corrected chi connectivity index (χ0v) is 14.9. The predicted molar refractivity (Wildman–Crippen MR) is 93.3 cm³/mol. The van der Waals surface area contributed by atoms with E-state index >= 15 is 0 Å². The summed E-state index contributed by atoms with van der Waals surface area (Å²) in [7, 11) is 1.58. The SMILES string of the molecule is CCCCNC(=O)CN1C(=O)N[C@@](C)(Cc2ccc(OC)cc2)C1=O. The molecule has 136 valence electrons. The number of nitrogens with zero attached hydrogens (tertiary/aromatic N) is 1. The minimum atomic E-state index is -1.06. The van der Waals surface area contributed by atoms with Crippen molar-refractivity contribution < 1.29 is 19.1 Å². The quantitative estimate of drug-likeness (QED) is 0.550. The number of hydrogen-bond acceptors (Lipinski definition) is 4. The maximum absolute atomic E-state index is 12.7. The molecule has 25 heavy (non-hydrogen) atoms. The average molecular weight is 347 g/mol. The van der Waals surface area contributed by atoms with Gasteiger partial charge < -0.3 is 15.4 Å². The summed E-state index contributed by atoms with van der Waals surface area (Å²) in [5.74, 6) is 0.00525. The molecule has 7 nitrogen and oxygen atoms in total. The number of carbonyl (C=O) groups is 3. The van der Waals surface area contributed by atoms with Crippen molar-refractivity contribution in [3.8, 4) is 5.75 Å². The molecule has 0 aliphatic carbocycles. The number of imide groups is 1. The van der Waals surface area contributed by atoms with E-state index < -0.39 is 11.6 Å². The van der Waals surface area contributed by atoms with Crippen LogP contribution in [-0.4, -0.2) is 48.5 Å². The summed E-state index contributed by atoms with van der Waals surface area (Å²) < 4.78 is 5.11. The van der Waals surface area contributed by atoms with Gasteiger partial charge in [0.05, 0.1) is 7.11 Å². The molecule has 1 heterocycles. The smallest absolute Gasteiger partial charge is 0.325 e. The van der Waals surface area contributed by atoms with Crippen LogP contribution in [0.25, 0.3) is 0 Å². The lowest BCUT2D eigenvalue weighted by molar-refractivity contribution is -0.134. The van der Waals surface area contributed by atoms with Gasteiger partial charge >= 0.3 is 6.03 Å². The van der Waals surface area contributed by atoms with Gasteiger partial charge in [0.25, 0.3) is 5.91 Å². The molecular formula is C18H25N3O4. The van der Waals surface area contributed by atoms with E-state index in [0.717, 1.165) is 29.1 Å². The Morgan fingerprint density at radius 3 is 2.56 bits per heavy atom. The summed E-state index contributed by atoms with van der Waals surface area (Å²) in [4.78, 5) is 37.7. The minimum absolute atomic E-state index is 0.257. The van der Waals surface area contributed by atoms with Crippen LogP contribution in [0.3, 0.4) is 0 Å². The third-order valence-corrected chi connectivity index (χ3v) is 4.22. The predicted octanol–water partition coefficient (Wildman–Crippen LogP) is 1.46. The highest BCUT2D eigenvalue weighted by Gasteiger charge is 2.48. The average Bonchev–Trinajstić information content (AvgIpc) is 2.79. The van der Waals surface area contributed by atoms with Crippen LogP contribution >= 0.6 is 0 Å². The number of ether oxygens (including phenoxy) is 1. The van der Waals surface area contributed by atoms with Crippen molar-refractivity contribution in [3.63, 3.8) is 0 Å². The standard InChI is InChI=1S/C18H25N3O4/c1-4-5-10-19-15(22)12-21-16(23)18(2,20-17(21)24)11-13-6-8-14(25-3)9-7-13/h6-9H,4-5,10-12H2,1-3H3,(H,19,22)(H,20,24)/t18-/m0/s1. The van der Waals surface area contributed by atoms with Crippen LogP contribution in [0.15, 0.2) is 24.3 Å². The van der Waals surface area contributed by atoms with Gasteiger partial charge in [-0.3, -0.25) is 14.5 Å². The molecule has 4 amide bonds. The van der Waals surface area contributed by atoms with Crippen molar-refractivity contribution in [1.29, 1.82) is 0 Å². The first-order valence-corrected chi connectivity index (χ1v) is 8.43. The van der Waals surface area contributed by atoms with E-state index in [1.165, 1.54) is 0 Å². The Morgan fingerprint density at radius 1 is 1.28 bits per heavy atom. The lowest BCUT2D eigenvalue weighted by Crippen LogP contribution is -2.46. The molecule has 1 atom stereocenters. The molecule has 1 aromatic carbocycles. The molecule has 0 aromatic heterocycles. The van der Waals surface area contributed by atoms with Crippen molar-refractivity contribution in [2.75, 3.05) is 20.2 Å². The normalized spacial score (nSPS) is 19.7. The summed E-state index contributed by atoms with van der Waals surface area (Å²) in [6.45, 7) is 3.98. The van der Waals surface area contributed by atoms with Gasteiger partial charge in [0, 0.05) is 13.0 Å². The third-order valence-electron chi connectivity index (χ3n) is 4.22. The first-order chi connectivity index (χ1) is 11.9. The third kappa shape index (κ3) is 4.49. The van der Waals surface area contributed by atoms with Gasteiger partial charge in [0.2, 0.25) is 5.91 Å². The Labute approximate surface area is 147 Å². The lowest BCUT2D eigenvalue weighted by Gasteiger charge is -2.21. The summed E-state index contributed by atoms with van der Waals surface area (Å²) >= 11 is 0. The lowest BCUT2D eigenvalue weighted by atomic mass is 9.93. The molecule has 0 saturated carbocycles. The van der Waals surface area contributed by atoms with Gasteiger partial charge in [-0.15, -0.1) is 0 Å². The minimum Gasteiger partial charge on any atom is -0.497 e. The van der Waals surface area contributed by atoms with Gasteiger partial charge in [-0.25, -0.2) is 4.79 Å². The van der Waals surface area contributed by atoms with E-state index in [2.05, 4.69) is 10.6 Å². The summed E-state index contributed by atoms with van der Waals surface area (Å²) in [5, 5.41) is 5.42. The zero-order valence-electron chi connectivity index (χ0n) is 14.9. The largest absolute Gasteiger partial charge is 0.497 e. The van der Waals surface area contributed by atoms with Crippen molar-refractivity contribution in [1.82, 2.24) is 15.5 Å². The second kappa shape index (κ2) is 8.00. The van der Waals surface area contributed by atoms with E-state index in [-0.39, 0.29) is 18.4 Å². The maximum atomic E-state index is 12.7. The fourth-order valence-electron chi connectivity index (χ4n) is 2.77. The molecule has 0 radical (unpaired) electrons. The van der Waals surface area contributed by atoms with Crippen LogP contribution in [0.2, 0.25) is 0 Å². The molecule has 1 aliphatic rings. The van der Waals surface area contributed by atoms with Crippen molar-refractivity contribution in [3.05, 3.63) is 29.8 Å². The van der Waals surface area contributed by atoms with Crippen molar-refractivity contribution in [2.45, 2.75) is 38.6 Å². The maximum Gasteiger partial charge on any atom is 0.325 e. The Bertz CT molecular complexity index is 644. The van der Waals surface area contributed by atoms with Gasteiger partial charge in [-0.05, 0) is 31.0 Å². The zero-order chi connectivity index (χ0) is 18.4. The van der Waals surface area contributed by atoms with E-state index in [1.54, 1.807) is 26.2 Å². The Kier molecular flexibility index (Phi) is 6.01. The number of hydrogen-bond donors (Lipinski definition) is 2. The topological polar surface area (TPSA) is 87.7 Å². The first-order valence-electron chi connectivity index (χ1n) is 8.43. The van der Waals surface area contributed by atoms with Crippen LogP contribution in [0, 0.1) is 0 Å². The molecule has 1 aromatic rings. The van der Waals surface area contributed by atoms with E-state index in [4.69, 9.17) is 4.74 Å². The number of methoxy groups -OCH3 is 1. The number of benzene rings is 1. The van der Waals surface area contributed by atoms with E-state index in [1.807, 2.05) is 19.1 Å². The molecule has 1 aliphatic heterocycles. The number of unbranched alkanes of at least 4 members (excludes halogenated alkanes) is 1. The van der Waals surface area contributed by atoms with Gasteiger partial charge in [-0.1, -0.05) is 25.5 Å². The molecule has 1 fully saturated rings. The first kappa shape index (κ1) is 18.8. The summed E-state index contributed by atoms with van der Waals surface area (Å²) in [6.07, 6.45) is 2.17. The van der Waals surface area contributed by atoms with Crippen LogP contribution in [0.4, 0.5) is 4.79 Å². The van der Waals surface area contributed by atoms with Gasteiger partial charge in [0.15, 0.2) is 0 Å². The molecule has 1 saturated heterocycles. The number of urea groups is 1.